The van der Waals surface area contributed by atoms with Gasteiger partial charge in [-0.1, -0.05) is 0 Å². The van der Waals surface area contributed by atoms with Crippen LogP contribution in [0.25, 0.3) is 0 Å². The number of hydrogen-bond acceptors (Lipinski definition) is 4. The number of benzene rings is 1. The van der Waals surface area contributed by atoms with E-state index < -0.39 is 46.0 Å². The zero-order valence-electron chi connectivity index (χ0n) is 8.85. The number of amides is 1. The largest absolute Gasteiger partial charge is 0.298 e. The average molecular weight is 256 g/mol. The van der Waals surface area contributed by atoms with E-state index in [-0.39, 0.29) is 6.54 Å². The van der Waals surface area contributed by atoms with Crippen LogP contribution in [0, 0.1) is 21.7 Å². The molecule has 1 aromatic carbocycles. The second-order valence-corrected chi connectivity index (χ2v) is 3.71. The highest BCUT2D eigenvalue weighted by molar-refractivity contribution is 6.15. The van der Waals surface area contributed by atoms with Crippen molar-refractivity contribution in [1.29, 1.82) is 0 Å². The molecule has 0 aromatic heterocycles. The number of hydrogen-bond donors (Lipinski definition) is 0. The molecule has 1 amide bonds. The lowest BCUT2D eigenvalue weighted by Crippen LogP contribution is -2.25. The SMILES string of the molecule is O=C1CC(=O)N(c2cc(F)c(F)cc2[N+](=O)[O-])C1. The van der Waals surface area contributed by atoms with E-state index in [1.165, 1.54) is 0 Å². The van der Waals surface area contributed by atoms with Gasteiger partial charge in [0.1, 0.15) is 5.69 Å². The fraction of sp³-hybridized carbons (Fsp3) is 0.200. The summed E-state index contributed by atoms with van der Waals surface area (Å²) < 4.78 is 26.0. The molecule has 0 N–H and O–H groups in total. The highest BCUT2D eigenvalue weighted by Crippen LogP contribution is 2.32. The zero-order chi connectivity index (χ0) is 13.4. The van der Waals surface area contributed by atoms with Gasteiger partial charge in [0.2, 0.25) is 5.91 Å². The summed E-state index contributed by atoms with van der Waals surface area (Å²) in [5.41, 5.74) is -1.16. The summed E-state index contributed by atoms with van der Waals surface area (Å²) in [5, 5.41) is 10.7. The highest BCUT2D eigenvalue weighted by Gasteiger charge is 2.34. The van der Waals surface area contributed by atoms with Crippen molar-refractivity contribution in [2.24, 2.45) is 0 Å². The first kappa shape index (κ1) is 12.1. The van der Waals surface area contributed by atoms with Gasteiger partial charge in [-0.2, -0.15) is 0 Å². The number of rotatable bonds is 2. The normalized spacial score (nSPS) is 15.3. The third kappa shape index (κ3) is 1.92. The van der Waals surface area contributed by atoms with E-state index in [1.807, 2.05) is 0 Å². The second kappa shape index (κ2) is 4.13. The summed E-state index contributed by atoms with van der Waals surface area (Å²) in [6.07, 6.45) is -0.393. The number of nitro benzene ring substituents is 1. The Bertz CT molecular complexity index is 573. The summed E-state index contributed by atoms with van der Waals surface area (Å²) in [6, 6.07) is 0.935. The Morgan fingerprint density at radius 1 is 1.22 bits per heavy atom. The molecule has 6 nitrogen and oxygen atoms in total. The van der Waals surface area contributed by atoms with Crippen molar-refractivity contribution in [2.45, 2.75) is 6.42 Å². The molecule has 1 heterocycles. The van der Waals surface area contributed by atoms with Crippen molar-refractivity contribution < 1.29 is 23.3 Å². The van der Waals surface area contributed by atoms with E-state index in [0.717, 1.165) is 4.90 Å². The number of ketones is 1. The van der Waals surface area contributed by atoms with Crippen LogP contribution in [-0.2, 0) is 9.59 Å². The number of nitrogens with zero attached hydrogens (tertiary/aromatic N) is 2. The van der Waals surface area contributed by atoms with Crippen LogP contribution in [0.2, 0.25) is 0 Å². The third-order valence-electron chi connectivity index (χ3n) is 2.49. The first-order valence-electron chi connectivity index (χ1n) is 4.85. The fourth-order valence-corrected chi connectivity index (χ4v) is 1.69. The minimum atomic E-state index is -1.39. The third-order valence-corrected chi connectivity index (χ3v) is 2.49. The molecule has 0 atom stereocenters. The molecule has 1 fully saturated rings. The van der Waals surface area contributed by atoms with Crippen molar-refractivity contribution in [3.05, 3.63) is 33.9 Å². The van der Waals surface area contributed by atoms with Crippen molar-refractivity contribution >= 4 is 23.1 Å². The van der Waals surface area contributed by atoms with Crippen LogP contribution in [0.5, 0.6) is 0 Å². The van der Waals surface area contributed by atoms with Gasteiger partial charge in [0.15, 0.2) is 17.4 Å². The number of carbonyl (C=O) groups is 2. The first-order chi connectivity index (χ1) is 8.40. The monoisotopic (exact) mass is 256 g/mol. The summed E-state index contributed by atoms with van der Waals surface area (Å²) in [6.45, 7) is -0.370. The van der Waals surface area contributed by atoms with Crippen molar-refractivity contribution in [1.82, 2.24) is 0 Å². The maximum Gasteiger partial charge on any atom is 0.296 e. The summed E-state index contributed by atoms with van der Waals surface area (Å²) >= 11 is 0. The lowest BCUT2D eigenvalue weighted by molar-refractivity contribution is -0.384. The Kier molecular flexibility index (Phi) is 2.77. The molecule has 18 heavy (non-hydrogen) atoms. The Labute approximate surface area is 99.0 Å². The first-order valence-corrected chi connectivity index (χ1v) is 4.85. The molecule has 2 rings (SSSR count). The van der Waals surface area contributed by atoms with E-state index in [4.69, 9.17) is 0 Å². The van der Waals surface area contributed by atoms with E-state index >= 15 is 0 Å². The van der Waals surface area contributed by atoms with E-state index in [1.54, 1.807) is 0 Å². The lowest BCUT2D eigenvalue weighted by Gasteiger charge is -2.14. The van der Waals surface area contributed by atoms with Crippen LogP contribution in [-0.4, -0.2) is 23.2 Å². The van der Waals surface area contributed by atoms with Crippen LogP contribution in [0.15, 0.2) is 12.1 Å². The van der Waals surface area contributed by atoms with Crippen molar-refractivity contribution in [3.8, 4) is 0 Å². The highest BCUT2D eigenvalue weighted by atomic mass is 19.2. The number of Topliss-reactive ketones (excluding diaryl/α,β-unsaturated/α-hetero) is 1. The van der Waals surface area contributed by atoms with Gasteiger partial charge in [-0.15, -0.1) is 0 Å². The maximum absolute atomic E-state index is 13.1. The average Bonchev–Trinajstić information content (AvgIpc) is 2.61. The molecule has 0 unspecified atom stereocenters. The molecule has 1 aliphatic rings. The lowest BCUT2D eigenvalue weighted by atomic mass is 10.2. The van der Waals surface area contributed by atoms with Gasteiger partial charge in [-0.05, 0) is 0 Å². The predicted octanol–water partition coefficient (Wildman–Crippen LogP) is 1.18. The van der Waals surface area contributed by atoms with Gasteiger partial charge in [0.25, 0.3) is 5.69 Å². The van der Waals surface area contributed by atoms with Gasteiger partial charge < -0.3 is 0 Å². The molecule has 0 radical (unpaired) electrons. The molecule has 1 saturated heterocycles. The molecule has 8 heteroatoms. The molecule has 0 bridgehead atoms. The van der Waals surface area contributed by atoms with Gasteiger partial charge in [-0.3, -0.25) is 24.6 Å². The number of halogens is 2. The van der Waals surface area contributed by atoms with Crippen molar-refractivity contribution in [2.75, 3.05) is 11.4 Å². The van der Waals surface area contributed by atoms with Crippen LogP contribution in [0.3, 0.4) is 0 Å². The molecule has 1 aliphatic heterocycles. The van der Waals surface area contributed by atoms with Gasteiger partial charge >= 0.3 is 0 Å². The molecule has 0 spiro atoms. The van der Waals surface area contributed by atoms with Crippen LogP contribution in [0.4, 0.5) is 20.2 Å². The molecular weight excluding hydrogens is 250 g/mol. The topological polar surface area (TPSA) is 80.5 Å². The molecule has 1 aromatic rings. The summed E-state index contributed by atoms with van der Waals surface area (Å²) in [5.74, 6) is -3.81. The van der Waals surface area contributed by atoms with Crippen molar-refractivity contribution in [3.63, 3.8) is 0 Å². The standard InChI is InChI=1S/C10H6F2N2O4/c11-6-2-8(9(14(17)18)3-7(6)12)13-4-5(15)1-10(13)16/h2-3H,1,4H2. The van der Waals surface area contributed by atoms with Gasteiger partial charge in [-0.25, -0.2) is 8.78 Å². The van der Waals surface area contributed by atoms with Gasteiger partial charge in [0.05, 0.1) is 24.0 Å². The van der Waals surface area contributed by atoms with Gasteiger partial charge in [0, 0.05) is 6.07 Å². The Morgan fingerprint density at radius 2 is 1.83 bits per heavy atom. The molecule has 94 valence electrons. The van der Waals surface area contributed by atoms with Crippen LogP contribution < -0.4 is 4.90 Å². The number of nitro groups is 1. The number of carbonyl (C=O) groups excluding carboxylic acids is 2. The summed E-state index contributed by atoms with van der Waals surface area (Å²) in [4.78, 5) is 33.1. The second-order valence-electron chi connectivity index (χ2n) is 3.71. The van der Waals surface area contributed by atoms with E-state index in [0.29, 0.717) is 12.1 Å². The maximum atomic E-state index is 13.1. The predicted molar refractivity (Wildman–Crippen MR) is 55.0 cm³/mol. The minimum Gasteiger partial charge on any atom is -0.298 e. The minimum absolute atomic E-state index is 0.370. The van der Waals surface area contributed by atoms with Crippen LogP contribution >= 0.6 is 0 Å². The number of anilines is 1. The summed E-state index contributed by atoms with van der Waals surface area (Å²) in [7, 11) is 0. The van der Waals surface area contributed by atoms with E-state index in [2.05, 4.69) is 0 Å². The Balaban J connectivity index is 2.56. The fourth-order valence-electron chi connectivity index (χ4n) is 1.69. The quantitative estimate of drug-likeness (QED) is 0.452. The molecule has 0 aliphatic carbocycles. The molecule has 0 saturated carbocycles. The molecular formula is C10H6F2N2O4. The Hall–Kier alpha value is -2.38. The zero-order valence-corrected chi connectivity index (χ0v) is 8.85. The van der Waals surface area contributed by atoms with Crippen LogP contribution in [0.1, 0.15) is 6.42 Å². The smallest absolute Gasteiger partial charge is 0.296 e. The Morgan fingerprint density at radius 3 is 2.33 bits per heavy atom. The van der Waals surface area contributed by atoms with E-state index in [9.17, 15) is 28.5 Å².